The fourth-order valence-electron chi connectivity index (χ4n) is 3.93. The summed E-state index contributed by atoms with van der Waals surface area (Å²) < 4.78 is 1.79. The monoisotopic (exact) mass is 387 g/mol. The summed E-state index contributed by atoms with van der Waals surface area (Å²) in [7, 11) is 0. The average Bonchev–Trinajstić information content (AvgIpc) is 3.20. The number of rotatable bonds is 3. The molecule has 0 saturated carbocycles. The Labute approximate surface area is 167 Å². The third kappa shape index (κ3) is 3.00. The van der Waals surface area contributed by atoms with Crippen LogP contribution in [0.4, 0.5) is 5.95 Å². The van der Waals surface area contributed by atoms with Crippen LogP contribution in [0.25, 0.3) is 28.1 Å². The number of anilines is 1. The molecule has 0 atom stereocenters. The van der Waals surface area contributed by atoms with Crippen molar-refractivity contribution in [1.29, 1.82) is 0 Å². The number of piperidine rings is 1. The van der Waals surface area contributed by atoms with Crippen LogP contribution in [0, 0.1) is 6.92 Å². The molecule has 0 radical (unpaired) electrons. The molecule has 1 aliphatic rings. The first kappa shape index (κ1) is 17.7. The highest BCUT2D eigenvalue weighted by atomic mass is 16.1. The largest absolute Gasteiger partial charge is 0.341 e. The molecule has 0 amide bonds. The van der Waals surface area contributed by atoms with Crippen LogP contribution in [0.2, 0.25) is 0 Å². The van der Waals surface area contributed by atoms with Crippen molar-refractivity contribution >= 4 is 28.3 Å². The van der Waals surface area contributed by atoms with Crippen LogP contribution < -0.4 is 4.90 Å². The van der Waals surface area contributed by atoms with Crippen LogP contribution in [-0.4, -0.2) is 48.4 Å². The number of aryl methyl sites for hydroxylation is 1. The van der Waals surface area contributed by atoms with Crippen molar-refractivity contribution in [2.75, 3.05) is 18.0 Å². The lowest BCUT2D eigenvalue weighted by molar-refractivity contribution is 0.101. The summed E-state index contributed by atoms with van der Waals surface area (Å²) >= 11 is 0. The Morgan fingerprint density at radius 1 is 1.07 bits per heavy atom. The molecular weight excluding hydrogens is 366 g/mol. The number of benzene rings is 1. The van der Waals surface area contributed by atoms with E-state index in [1.54, 1.807) is 30.0 Å². The molecule has 1 saturated heterocycles. The Balaban J connectivity index is 1.85. The second-order valence-electron chi connectivity index (χ2n) is 7.49. The summed E-state index contributed by atoms with van der Waals surface area (Å²) in [4.78, 5) is 32.8. The average molecular weight is 387 g/mol. The predicted octanol–water partition coefficient (Wildman–Crippen LogP) is 3.24. The Bertz CT molecular complexity index is 1230. The van der Waals surface area contributed by atoms with E-state index in [2.05, 4.69) is 14.9 Å². The van der Waals surface area contributed by atoms with Gasteiger partial charge in [0.2, 0.25) is 11.8 Å². The molecule has 0 spiro atoms. The van der Waals surface area contributed by atoms with Gasteiger partial charge in [0.05, 0.1) is 11.7 Å². The number of nitrogens with zero attached hydrogens (tertiary/aromatic N) is 7. The van der Waals surface area contributed by atoms with Gasteiger partial charge in [-0.2, -0.15) is 4.52 Å². The molecule has 1 aromatic carbocycles. The van der Waals surface area contributed by atoms with E-state index in [1.807, 2.05) is 19.1 Å². The standard InChI is InChI=1S/C21H21N7O/c1-13-10-15(14(2)29)18-16(11-13)20-25-19(17-12-22-6-7-23-17)26-28(20)21(24-18)27-8-4-3-5-9-27/h6-7,10-12H,3-5,8-9H2,1-2H3. The molecule has 4 aromatic rings. The van der Waals surface area contributed by atoms with Gasteiger partial charge < -0.3 is 4.90 Å². The Morgan fingerprint density at radius 3 is 2.62 bits per heavy atom. The highest BCUT2D eigenvalue weighted by molar-refractivity contribution is 6.09. The van der Waals surface area contributed by atoms with E-state index in [0.29, 0.717) is 28.2 Å². The van der Waals surface area contributed by atoms with Gasteiger partial charge in [-0.15, -0.1) is 5.10 Å². The lowest BCUT2D eigenvalue weighted by atomic mass is 10.0. The normalized spacial score (nSPS) is 14.6. The lowest BCUT2D eigenvalue weighted by Gasteiger charge is -2.28. The number of ketones is 1. The van der Waals surface area contributed by atoms with Crippen molar-refractivity contribution in [1.82, 2.24) is 29.5 Å². The first-order chi connectivity index (χ1) is 14.1. The Kier molecular flexibility index (Phi) is 4.19. The molecule has 5 rings (SSSR count). The van der Waals surface area contributed by atoms with Gasteiger partial charge in [-0.25, -0.2) is 15.0 Å². The zero-order valence-corrected chi connectivity index (χ0v) is 16.5. The zero-order chi connectivity index (χ0) is 20.0. The Morgan fingerprint density at radius 2 is 1.90 bits per heavy atom. The molecule has 29 heavy (non-hydrogen) atoms. The van der Waals surface area contributed by atoms with Crippen molar-refractivity contribution in [3.8, 4) is 11.5 Å². The second-order valence-corrected chi connectivity index (χ2v) is 7.49. The quantitative estimate of drug-likeness (QED) is 0.499. The summed E-state index contributed by atoms with van der Waals surface area (Å²) in [5, 5.41) is 5.54. The minimum Gasteiger partial charge on any atom is -0.341 e. The summed E-state index contributed by atoms with van der Waals surface area (Å²) in [6.45, 7) is 5.38. The van der Waals surface area contributed by atoms with E-state index in [1.165, 1.54) is 6.42 Å². The van der Waals surface area contributed by atoms with Crippen molar-refractivity contribution in [2.24, 2.45) is 0 Å². The number of aromatic nitrogens is 6. The van der Waals surface area contributed by atoms with Crippen molar-refractivity contribution < 1.29 is 4.79 Å². The minimum atomic E-state index is -0.00573. The molecule has 4 heterocycles. The summed E-state index contributed by atoms with van der Waals surface area (Å²) in [6, 6.07) is 3.91. The fourth-order valence-corrected chi connectivity index (χ4v) is 3.93. The van der Waals surface area contributed by atoms with Crippen LogP contribution in [0.5, 0.6) is 0 Å². The van der Waals surface area contributed by atoms with E-state index in [0.717, 1.165) is 42.8 Å². The third-order valence-electron chi connectivity index (χ3n) is 5.31. The van der Waals surface area contributed by atoms with Gasteiger partial charge in [0.1, 0.15) is 5.69 Å². The van der Waals surface area contributed by atoms with Crippen molar-refractivity contribution in [3.63, 3.8) is 0 Å². The van der Waals surface area contributed by atoms with E-state index in [9.17, 15) is 4.79 Å². The Hall–Kier alpha value is -3.42. The molecule has 1 fully saturated rings. The molecule has 8 heteroatoms. The topological polar surface area (TPSA) is 89.2 Å². The van der Waals surface area contributed by atoms with Gasteiger partial charge in [-0.3, -0.25) is 9.78 Å². The molecule has 146 valence electrons. The van der Waals surface area contributed by atoms with Crippen molar-refractivity contribution in [3.05, 3.63) is 41.9 Å². The fraction of sp³-hybridized carbons (Fsp3) is 0.333. The molecule has 0 bridgehead atoms. The molecule has 3 aromatic heterocycles. The third-order valence-corrected chi connectivity index (χ3v) is 5.31. The SMILES string of the molecule is CC(=O)c1cc(C)cc2c1nc(N1CCCCC1)n1nc(-c3cnccn3)nc21. The van der Waals surface area contributed by atoms with E-state index in [4.69, 9.17) is 15.1 Å². The van der Waals surface area contributed by atoms with Gasteiger partial charge >= 0.3 is 0 Å². The van der Waals surface area contributed by atoms with E-state index >= 15 is 0 Å². The molecule has 0 aliphatic carbocycles. The summed E-state index contributed by atoms with van der Waals surface area (Å²) in [5.41, 5.74) is 3.57. The number of Topliss-reactive ketones (excluding diaryl/α,β-unsaturated/α-hetero) is 1. The molecule has 0 N–H and O–H groups in total. The van der Waals surface area contributed by atoms with Crippen LogP contribution in [0.3, 0.4) is 0 Å². The van der Waals surface area contributed by atoms with Crippen LogP contribution >= 0.6 is 0 Å². The maximum Gasteiger partial charge on any atom is 0.229 e. The molecule has 1 aliphatic heterocycles. The molecule has 8 nitrogen and oxygen atoms in total. The van der Waals surface area contributed by atoms with Gasteiger partial charge in [0, 0.05) is 36.4 Å². The summed E-state index contributed by atoms with van der Waals surface area (Å²) in [5.74, 6) is 1.21. The predicted molar refractivity (Wildman–Crippen MR) is 110 cm³/mol. The smallest absolute Gasteiger partial charge is 0.229 e. The number of hydrogen-bond acceptors (Lipinski definition) is 7. The highest BCUT2D eigenvalue weighted by Crippen LogP contribution is 2.29. The van der Waals surface area contributed by atoms with E-state index < -0.39 is 0 Å². The lowest BCUT2D eigenvalue weighted by Crippen LogP contribution is -2.32. The first-order valence-electron chi connectivity index (χ1n) is 9.85. The highest BCUT2D eigenvalue weighted by Gasteiger charge is 2.23. The molecular formula is C21H21N7O. The molecule has 0 unspecified atom stereocenters. The number of carbonyl (C=O) groups is 1. The van der Waals surface area contributed by atoms with Gasteiger partial charge in [0.25, 0.3) is 0 Å². The first-order valence-corrected chi connectivity index (χ1v) is 9.85. The maximum absolute atomic E-state index is 12.3. The van der Waals surface area contributed by atoms with Crippen LogP contribution in [-0.2, 0) is 0 Å². The number of carbonyl (C=O) groups excluding carboxylic acids is 1. The minimum absolute atomic E-state index is 0.00573. The maximum atomic E-state index is 12.3. The van der Waals surface area contributed by atoms with Crippen LogP contribution in [0.15, 0.2) is 30.7 Å². The van der Waals surface area contributed by atoms with Gasteiger partial charge in [-0.1, -0.05) is 0 Å². The number of fused-ring (bicyclic) bond motifs is 3. The second kappa shape index (κ2) is 6.88. The zero-order valence-electron chi connectivity index (χ0n) is 16.5. The summed E-state index contributed by atoms with van der Waals surface area (Å²) in [6.07, 6.45) is 8.34. The van der Waals surface area contributed by atoms with Gasteiger partial charge in [-0.05, 0) is 50.8 Å². The van der Waals surface area contributed by atoms with Crippen LogP contribution in [0.1, 0.15) is 42.1 Å². The number of hydrogen-bond donors (Lipinski definition) is 0. The van der Waals surface area contributed by atoms with E-state index in [-0.39, 0.29) is 5.78 Å². The van der Waals surface area contributed by atoms with Gasteiger partial charge in [0.15, 0.2) is 11.4 Å². The van der Waals surface area contributed by atoms with Crippen molar-refractivity contribution in [2.45, 2.75) is 33.1 Å².